The van der Waals surface area contributed by atoms with Gasteiger partial charge in [-0.1, -0.05) is 29.8 Å². The van der Waals surface area contributed by atoms with Crippen LogP contribution >= 0.6 is 11.6 Å². The first-order valence-corrected chi connectivity index (χ1v) is 6.81. The van der Waals surface area contributed by atoms with E-state index in [2.05, 4.69) is 10.3 Å². The van der Waals surface area contributed by atoms with Crippen LogP contribution in [0.5, 0.6) is 0 Å². The van der Waals surface area contributed by atoms with Crippen LogP contribution in [-0.4, -0.2) is 40.7 Å². The topological polar surface area (TPSA) is 91.4 Å². The molecule has 6 nitrogen and oxygen atoms in total. The van der Waals surface area contributed by atoms with Gasteiger partial charge in [0.05, 0.1) is 11.6 Å². The van der Waals surface area contributed by atoms with E-state index in [9.17, 15) is 14.7 Å². The number of aromatic amines is 1. The van der Waals surface area contributed by atoms with Crippen LogP contribution in [0.3, 0.4) is 0 Å². The normalized spacial score (nSPS) is 21.6. The molecule has 1 fully saturated rings. The number of carbonyl (C=O) groups excluding carboxylic acids is 1. The lowest BCUT2D eigenvalue weighted by atomic mass is 9.99. The molecule has 3 rings (SSSR count). The third-order valence-electron chi connectivity index (χ3n) is 3.65. The number of benzene rings is 1. The lowest BCUT2D eigenvalue weighted by Gasteiger charge is -2.23. The Morgan fingerprint density at radius 2 is 2.14 bits per heavy atom. The SMILES string of the molecule is O=C(NC1(C(=O)O)CCOC1)c1[nH]c2ccccc2c1Cl. The maximum atomic E-state index is 12.4. The van der Waals surface area contributed by atoms with E-state index in [-0.39, 0.29) is 23.7 Å². The number of carboxylic acids is 1. The molecule has 3 N–H and O–H groups in total. The van der Waals surface area contributed by atoms with Gasteiger partial charge in [0.25, 0.3) is 5.91 Å². The number of carbonyl (C=O) groups is 2. The molecule has 0 saturated carbocycles. The number of hydrogen-bond acceptors (Lipinski definition) is 3. The van der Waals surface area contributed by atoms with E-state index < -0.39 is 17.4 Å². The number of aliphatic carboxylic acids is 1. The van der Waals surface area contributed by atoms with Gasteiger partial charge in [-0.2, -0.15) is 0 Å². The third kappa shape index (κ3) is 2.26. The van der Waals surface area contributed by atoms with Gasteiger partial charge in [0, 0.05) is 23.9 Å². The summed E-state index contributed by atoms with van der Waals surface area (Å²) in [6, 6.07) is 7.22. The first kappa shape index (κ1) is 13.9. The number of aromatic nitrogens is 1. The van der Waals surface area contributed by atoms with Crippen molar-refractivity contribution in [1.29, 1.82) is 0 Å². The third-order valence-corrected chi connectivity index (χ3v) is 4.05. The van der Waals surface area contributed by atoms with E-state index in [4.69, 9.17) is 16.3 Å². The first-order chi connectivity index (χ1) is 10.0. The Hall–Kier alpha value is -2.05. The van der Waals surface area contributed by atoms with Crippen molar-refractivity contribution in [3.63, 3.8) is 0 Å². The second-order valence-electron chi connectivity index (χ2n) is 5.00. The van der Waals surface area contributed by atoms with E-state index in [1.807, 2.05) is 12.1 Å². The Bertz CT molecular complexity index is 719. The van der Waals surface area contributed by atoms with Gasteiger partial charge in [0.2, 0.25) is 0 Å². The van der Waals surface area contributed by atoms with Crippen molar-refractivity contribution < 1.29 is 19.4 Å². The standard InChI is InChI=1S/C14H13ClN2O4/c15-10-8-3-1-2-4-9(8)16-11(10)12(18)17-14(13(19)20)5-6-21-7-14/h1-4,16H,5-7H2,(H,17,18)(H,19,20). The number of hydrogen-bond donors (Lipinski definition) is 3. The maximum absolute atomic E-state index is 12.4. The Morgan fingerprint density at radius 1 is 1.38 bits per heavy atom. The fraction of sp³-hybridized carbons (Fsp3) is 0.286. The average Bonchev–Trinajstić information content (AvgIpc) is 3.05. The molecule has 0 aliphatic carbocycles. The first-order valence-electron chi connectivity index (χ1n) is 6.43. The number of halogens is 1. The van der Waals surface area contributed by atoms with E-state index in [1.54, 1.807) is 12.1 Å². The highest BCUT2D eigenvalue weighted by Gasteiger charge is 2.44. The lowest BCUT2D eigenvalue weighted by Crippen LogP contribution is -2.55. The van der Waals surface area contributed by atoms with Gasteiger partial charge in [-0.05, 0) is 6.07 Å². The van der Waals surface area contributed by atoms with Gasteiger partial charge < -0.3 is 20.1 Å². The number of para-hydroxylation sites is 1. The average molecular weight is 309 g/mol. The van der Waals surface area contributed by atoms with Crippen molar-refractivity contribution >= 4 is 34.4 Å². The van der Waals surface area contributed by atoms with Crippen molar-refractivity contribution in [1.82, 2.24) is 10.3 Å². The highest BCUT2D eigenvalue weighted by molar-refractivity contribution is 6.38. The Morgan fingerprint density at radius 3 is 2.76 bits per heavy atom. The molecule has 1 amide bonds. The summed E-state index contributed by atoms with van der Waals surface area (Å²) in [4.78, 5) is 26.7. The number of nitrogens with one attached hydrogen (secondary N) is 2. The van der Waals surface area contributed by atoms with Gasteiger partial charge in [-0.15, -0.1) is 0 Å². The molecular formula is C14H13ClN2O4. The molecule has 2 aromatic rings. The van der Waals surface area contributed by atoms with Crippen molar-refractivity contribution in [3.05, 3.63) is 35.0 Å². The van der Waals surface area contributed by atoms with Crippen LogP contribution in [0.4, 0.5) is 0 Å². The van der Waals surface area contributed by atoms with Crippen molar-refractivity contribution in [2.45, 2.75) is 12.0 Å². The van der Waals surface area contributed by atoms with Crippen LogP contribution in [0.1, 0.15) is 16.9 Å². The molecule has 1 aromatic heterocycles. The largest absolute Gasteiger partial charge is 0.479 e. The monoisotopic (exact) mass is 308 g/mol. The van der Waals surface area contributed by atoms with Gasteiger partial charge in [0.1, 0.15) is 5.69 Å². The van der Waals surface area contributed by atoms with Crippen LogP contribution in [0.15, 0.2) is 24.3 Å². The summed E-state index contributed by atoms with van der Waals surface area (Å²) in [6.07, 6.45) is 0.228. The number of fused-ring (bicyclic) bond motifs is 1. The number of H-pyrrole nitrogens is 1. The van der Waals surface area contributed by atoms with E-state index in [0.717, 1.165) is 10.9 Å². The van der Waals surface area contributed by atoms with Crippen LogP contribution in [-0.2, 0) is 9.53 Å². The second kappa shape index (κ2) is 5.05. The maximum Gasteiger partial charge on any atom is 0.331 e. The molecular weight excluding hydrogens is 296 g/mol. The van der Waals surface area contributed by atoms with Gasteiger partial charge in [-0.3, -0.25) is 4.79 Å². The van der Waals surface area contributed by atoms with Crippen molar-refractivity contribution in [2.24, 2.45) is 0 Å². The molecule has 0 bridgehead atoms. The summed E-state index contributed by atoms with van der Waals surface area (Å²) in [5, 5.41) is 12.9. The molecule has 110 valence electrons. The van der Waals surface area contributed by atoms with E-state index >= 15 is 0 Å². The minimum Gasteiger partial charge on any atom is -0.479 e. The molecule has 0 spiro atoms. The molecule has 1 aliphatic heterocycles. The predicted octanol–water partition coefficient (Wildman–Crippen LogP) is 1.79. The van der Waals surface area contributed by atoms with Gasteiger partial charge in [0.15, 0.2) is 5.54 Å². The number of carboxylic acid groups (broad SMARTS) is 1. The minimum atomic E-state index is -1.39. The molecule has 1 aromatic carbocycles. The number of rotatable bonds is 3. The smallest absolute Gasteiger partial charge is 0.331 e. The molecule has 1 aliphatic rings. The molecule has 0 radical (unpaired) electrons. The van der Waals surface area contributed by atoms with Crippen LogP contribution in [0.25, 0.3) is 10.9 Å². The lowest BCUT2D eigenvalue weighted by molar-refractivity contribution is -0.144. The summed E-state index contributed by atoms with van der Waals surface area (Å²) >= 11 is 6.19. The summed E-state index contributed by atoms with van der Waals surface area (Å²) in [7, 11) is 0. The molecule has 7 heteroatoms. The fourth-order valence-electron chi connectivity index (χ4n) is 2.43. The molecule has 1 atom stereocenters. The molecule has 1 saturated heterocycles. The quantitative estimate of drug-likeness (QED) is 0.806. The summed E-state index contributed by atoms with van der Waals surface area (Å²) in [6.45, 7) is 0.249. The van der Waals surface area contributed by atoms with E-state index in [0.29, 0.717) is 6.61 Å². The summed E-state index contributed by atoms with van der Waals surface area (Å²) in [5.41, 5.74) is -0.511. The van der Waals surface area contributed by atoms with Crippen LogP contribution in [0.2, 0.25) is 5.02 Å². The van der Waals surface area contributed by atoms with Crippen LogP contribution < -0.4 is 5.32 Å². The van der Waals surface area contributed by atoms with Crippen LogP contribution in [0, 0.1) is 0 Å². The van der Waals surface area contributed by atoms with Gasteiger partial charge >= 0.3 is 5.97 Å². The zero-order chi connectivity index (χ0) is 15.0. The number of amides is 1. The van der Waals surface area contributed by atoms with Crippen molar-refractivity contribution in [2.75, 3.05) is 13.2 Å². The van der Waals surface area contributed by atoms with E-state index in [1.165, 1.54) is 0 Å². The Labute approximate surface area is 125 Å². The zero-order valence-electron chi connectivity index (χ0n) is 11.0. The Kier molecular flexibility index (Phi) is 3.35. The molecule has 21 heavy (non-hydrogen) atoms. The van der Waals surface area contributed by atoms with Gasteiger partial charge in [-0.25, -0.2) is 4.79 Å². The molecule has 2 heterocycles. The highest BCUT2D eigenvalue weighted by atomic mass is 35.5. The molecule has 1 unspecified atom stereocenters. The number of ether oxygens (including phenoxy) is 1. The fourth-order valence-corrected chi connectivity index (χ4v) is 2.73. The summed E-state index contributed by atoms with van der Waals surface area (Å²) < 4.78 is 5.11. The zero-order valence-corrected chi connectivity index (χ0v) is 11.7. The predicted molar refractivity (Wildman–Crippen MR) is 76.6 cm³/mol. The second-order valence-corrected chi connectivity index (χ2v) is 5.38. The summed E-state index contributed by atoms with van der Waals surface area (Å²) in [5.74, 6) is -1.66. The van der Waals surface area contributed by atoms with Crippen molar-refractivity contribution in [3.8, 4) is 0 Å². The Balaban J connectivity index is 1.94. The highest BCUT2D eigenvalue weighted by Crippen LogP contribution is 2.28. The minimum absolute atomic E-state index is 0.0497.